The standard InChI is InChI=1S/C18H17F3N2O2/c1-12(24)23(17-7-6-15(20)10-16(17)21)9-8-18(25)22-11-13-2-4-14(19)5-3-13/h2-7,10H,8-9,11H2,1H3,(H,22,25). The fourth-order valence-corrected chi connectivity index (χ4v) is 2.25. The van der Waals surface area contributed by atoms with Gasteiger partial charge in [0.25, 0.3) is 0 Å². The van der Waals surface area contributed by atoms with E-state index in [1.165, 1.54) is 19.1 Å². The van der Waals surface area contributed by atoms with Gasteiger partial charge < -0.3 is 10.2 Å². The van der Waals surface area contributed by atoms with E-state index < -0.39 is 17.5 Å². The van der Waals surface area contributed by atoms with Crippen LogP contribution in [0.3, 0.4) is 0 Å². The highest BCUT2D eigenvalue weighted by Gasteiger charge is 2.17. The van der Waals surface area contributed by atoms with Crippen molar-refractivity contribution in [3.8, 4) is 0 Å². The highest BCUT2D eigenvalue weighted by atomic mass is 19.1. The van der Waals surface area contributed by atoms with Crippen LogP contribution in [0.1, 0.15) is 18.9 Å². The highest BCUT2D eigenvalue weighted by molar-refractivity contribution is 5.92. The largest absolute Gasteiger partial charge is 0.352 e. The summed E-state index contributed by atoms with van der Waals surface area (Å²) in [6.45, 7) is 1.40. The van der Waals surface area contributed by atoms with Gasteiger partial charge in [-0.1, -0.05) is 12.1 Å². The molecule has 0 fully saturated rings. The number of amides is 2. The van der Waals surface area contributed by atoms with Crippen molar-refractivity contribution in [2.24, 2.45) is 0 Å². The zero-order chi connectivity index (χ0) is 18.4. The lowest BCUT2D eigenvalue weighted by Gasteiger charge is -2.21. The molecule has 0 aliphatic carbocycles. The fourth-order valence-electron chi connectivity index (χ4n) is 2.25. The van der Waals surface area contributed by atoms with Crippen LogP contribution in [0.5, 0.6) is 0 Å². The van der Waals surface area contributed by atoms with Gasteiger partial charge in [0.1, 0.15) is 17.5 Å². The normalized spacial score (nSPS) is 10.4. The monoisotopic (exact) mass is 350 g/mol. The topological polar surface area (TPSA) is 49.4 Å². The number of benzene rings is 2. The molecule has 7 heteroatoms. The minimum atomic E-state index is -0.873. The van der Waals surface area contributed by atoms with Crippen molar-refractivity contribution in [1.82, 2.24) is 5.32 Å². The van der Waals surface area contributed by atoms with Crippen LogP contribution in [0.2, 0.25) is 0 Å². The summed E-state index contributed by atoms with van der Waals surface area (Å²) >= 11 is 0. The van der Waals surface area contributed by atoms with E-state index in [0.717, 1.165) is 22.6 Å². The van der Waals surface area contributed by atoms with E-state index in [2.05, 4.69) is 5.32 Å². The Morgan fingerprint density at radius 1 is 1.00 bits per heavy atom. The van der Waals surface area contributed by atoms with Gasteiger partial charge in [0.2, 0.25) is 11.8 Å². The molecule has 0 aliphatic rings. The lowest BCUT2D eigenvalue weighted by Crippen LogP contribution is -2.34. The Morgan fingerprint density at radius 3 is 2.24 bits per heavy atom. The SMILES string of the molecule is CC(=O)N(CCC(=O)NCc1ccc(F)cc1)c1ccc(F)cc1F. The maximum atomic E-state index is 13.8. The van der Waals surface area contributed by atoms with Gasteiger partial charge in [-0.15, -0.1) is 0 Å². The van der Waals surface area contributed by atoms with Crippen molar-refractivity contribution < 1.29 is 22.8 Å². The number of hydrogen-bond donors (Lipinski definition) is 1. The van der Waals surface area contributed by atoms with Gasteiger partial charge in [-0.2, -0.15) is 0 Å². The van der Waals surface area contributed by atoms with Crippen molar-refractivity contribution in [3.05, 3.63) is 65.5 Å². The van der Waals surface area contributed by atoms with Crippen molar-refractivity contribution in [3.63, 3.8) is 0 Å². The predicted octanol–water partition coefficient (Wildman–Crippen LogP) is 3.16. The van der Waals surface area contributed by atoms with Gasteiger partial charge in [0, 0.05) is 32.5 Å². The number of halogens is 3. The van der Waals surface area contributed by atoms with Gasteiger partial charge in [-0.25, -0.2) is 13.2 Å². The van der Waals surface area contributed by atoms with Crippen LogP contribution in [-0.2, 0) is 16.1 Å². The molecule has 132 valence electrons. The molecule has 2 amide bonds. The van der Waals surface area contributed by atoms with Crippen LogP contribution in [-0.4, -0.2) is 18.4 Å². The molecule has 0 aromatic heterocycles. The van der Waals surface area contributed by atoms with Crippen LogP contribution in [0.15, 0.2) is 42.5 Å². The molecule has 0 aliphatic heterocycles. The molecule has 0 spiro atoms. The van der Waals surface area contributed by atoms with Gasteiger partial charge >= 0.3 is 0 Å². The Hall–Kier alpha value is -2.83. The molecule has 0 atom stereocenters. The molecule has 1 N–H and O–H groups in total. The number of nitrogens with zero attached hydrogens (tertiary/aromatic N) is 1. The van der Waals surface area contributed by atoms with Crippen molar-refractivity contribution >= 4 is 17.5 Å². The van der Waals surface area contributed by atoms with Gasteiger partial charge in [0.05, 0.1) is 5.69 Å². The number of carbonyl (C=O) groups is 2. The van der Waals surface area contributed by atoms with Crippen molar-refractivity contribution in [2.45, 2.75) is 19.9 Å². The molecule has 25 heavy (non-hydrogen) atoms. The first kappa shape index (κ1) is 18.5. The second-order valence-electron chi connectivity index (χ2n) is 5.42. The molecular formula is C18H17F3N2O2. The lowest BCUT2D eigenvalue weighted by molar-refractivity contribution is -0.121. The minimum Gasteiger partial charge on any atom is -0.352 e. The molecule has 0 heterocycles. The maximum Gasteiger partial charge on any atom is 0.223 e. The molecule has 2 rings (SSSR count). The number of hydrogen-bond acceptors (Lipinski definition) is 2. The molecule has 0 bridgehead atoms. The first-order valence-electron chi connectivity index (χ1n) is 7.61. The van der Waals surface area contributed by atoms with E-state index in [1.807, 2.05) is 0 Å². The molecule has 2 aromatic carbocycles. The van der Waals surface area contributed by atoms with Crippen LogP contribution < -0.4 is 10.2 Å². The third-order valence-corrected chi connectivity index (χ3v) is 3.55. The number of anilines is 1. The van der Waals surface area contributed by atoms with E-state index in [-0.39, 0.29) is 36.9 Å². The van der Waals surface area contributed by atoms with Crippen LogP contribution >= 0.6 is 0 Å². The summed E-state index contributed by atoms with van der Waals surface area (Å²) in [4.78, 5) is 24.7. The van der Waals surface area contributed by atoms with Gasteiger partial charge in [-0.3, -0.25) is 9.59 Å². The Balaban J connectivity index is 1.93. The second kappa shape index (κ2) is 8.32. The van der Waals surface area contributed by atoms with E-state index in [9.17, 15) is 22.8 Å². The van der Waals surface area contributed by atoms with Gasteiger partial charge in [-0.05, 0) is 29.8 Å². The minimum absolute atomic E-state index is 0.0485. The second-order valence-corrected chi connectivity index (χ2v) is 5.42. The van der Waals surface area contributed by atoms with Crippen LogP contribution in [0, 0.1) is 17.5 Å². The third kappa shape index (κ3) is 5.34. The van der Waals surface area contributed by atoms with Crippen LogP contribution in [0.25, 0.3) is 0 Å². The van der Waals surface area contributed by atoms with E-state index in [4.69, 9.17) is 0 Å². The molecule has 0 saturated carbocycles. The lowest BCUT2D eigenvalue weighted by atomic mass is 10.2. The average molecular weight is 350 g/mol. The summed E-state index contributed by atoms with van der Waals surface area (Å²) in [7, 11) is 0. The number of rotatable bonds is 6. The summed E-state index contributed by atoms with van der Waals surface area (Å²) in [5.41, 5.74) is 0.642. The van der Waals surface area contributed by atoms with E-state index in [0.29, 0.717) is 6.07 Å². The summed E-state index contributed by atoms with van der Waals surface area (Å²) < 4.78 is 39.6. The molecule has 2 aromatic rings. The summed E-state index contributed by atoms with van der Waals surface area (Å²) in [6.07, 6.45) is -0.0579. The van der Waals surface area contributed by atoms with Crippen LogP contribution in [0.4, 0.5) is 18.9 Å². The van der Waals surface area contributed by atoms with Gasteiger partial charge in [0.15, 0.2) is 0 Å². The van der Waals surface area contributed by atoms with E-state index >= 15 is 0 Å². The summed E-state index contributed by atoms with van der Waals surface area (Å²) in [5, 5.41) is 2.63. The highest BCUT2D eigenvalue weighted by Crippen LogP contribution is 2.20. The Bertz CT molecular complexity index is 763. The molecule has 0 unspecified atom stereocenters. The molecule has 4 nitrogen and oxygen atoms in total. The quantitative estimate of drug-likeness (QED) is 0.870. The molecular weight excluding hydrogens is 333 g/mol. The van der Waals surface area contributed by atoms with Crippen molar-refractivity contribution in [2.75, 3.05) is 11.4 Å². The van der Waals surface area contributed by atoms with Crippen molar-refractivity contribution in [1.29, 1.82) is 0 Å². The maximum absolute atomic E-state index is 13.8. The predicted molar refractivity (Wildman–Crippen MR) is 87.2 cm³/mol. The fraction of sp³-hybridized carbons (Fsp3) is 0.222. The number of carbonyl (C=O) groups excluding carboxylic acids is 2. The average Bonchev–Trinajstić information content (AvgIpc) is 2.56. The Morgan fingerprint density at radius 2 is 1.64 bits per heavy atom. The Labute approximate surface area is 143 Å². The Kier molecular flexibility index (Phi) is 6.16. The number of nitrogens with one attached hydrogen (secondary N) is 1. The molecule has 0 saturated heterocycles. The first-order chi connectivity index (χ1) is 11.9. The van der Waals surface area contributed by atoms with E-state index in [1.54, 1.807) is 12.1 Å². The zero-order valence-corrected chi connectivity index (χ0v) is 13.6. The summed E-state index contributed by atoms with van der Waals surface area (Å²) in [5.74, 6) is -2.80. The molecule has 0 radical (unpaired) electrons. The first-order valence-corrected chi connectivity index (χ1v) is 7.61. The summed E-state index contributed by atoms with van der Waals surface area (Å²) in [6, 6.07) is 8.55. The third-order valence-electron chi connectivity index (χ3n) is 3.55. The zero-order valence-electron chi connectivity index (χ0n) is 13.6. The smallest absolute Gasteiger partial charge is 0.223 e.